The highest BCUT2D eigenvalue weighted by molar-refractivity contribution is 8.13. The van der Waals surface area contributed by atoms with Crippen molar-refractivity contribution in [2.45, 2.75) is 19.9 Å². The zero-order chi connectivity index (χ0) is 18.1. The van der Waals surface area contributed by atoms with Gasteiger partial charge in [-0.1, -0.05) is 0 Å². The van der Waals surface area contributed by atoms with E-state index in [0.717, 1.165) is 11.8 Å². The molecule has 0 saturated heterocycles. The number of benzene rings is 1. The summed E-state index contributed by atoms with van der Waals surface area (Å²) in [6, 6.07) is 5.28. The fourth-order valence-electron chi connectivity index (χ4n) is 1.64. The van der Waals surface area contributed by atoms with Crippen LogP contribution in [-0.2, 0) is 19.1 Å². The number of carbonyl (C=O) groups is 4. The van der Waals surface area contributed by atoms with Gasteiger partial charge in [-0.2, -0.15) is 0 Å². The van der Waals surface area contributed by atoms with E-state index >= 15 is 0 Å². The molecule has 0 saturated carbocycles. The van der Waals surface area contributed by atoms with Crippen molar-refractivity contribution in [3.8, 4) is 5.75 Å². The summed E-state index contributed by atoms with van der Waals surface area (Å²) in [6.07, 6.45) is 0. The molecule has 0 unspecified atom stereocenters. The third-order valence-electron chi connectivity index (χ3n) is 2.61. The third-order valence-corrected chi connectivity index (χ3v) is 3.43. The first-order valence-corrected chi connectivity index (χ1v) is 7.87. The van der Waals surface area contributed by atoms with Crippen LogP contribution < -0.4 is 15.4 Å². The van der Waals surface area contributed by atoms with Crippen LogP contribution in [0.3, 0.4) is 0 Å². The first-order valence-electron chi connectivity index (χ1n) is 6.89. The van der Waals surface area contributed by atoms with E-state index in [2.05, 4.69) is 15.4 Å². The fraction of sp³-hybridized carbons (Fsp3) is 0.333. The van der Waals surface area contributed by atoms with Gasteiger partial charge in [0.25, 0.3) is 0 Å². The van der Waals surface area contributed by atoms with Crippen molar-refractivity contribution in [1.82, 2.24) is 5.32 Å². The number of carbonyl (C=O) groups excluding carboxylic acids is 4. The summed E-state index contributed by atoms with van der Waals surface area (Å²) >= 11 is 0.733. The van der Waals surface area contributed by atoms with E-state index in [9.17, 15) is 19.2 Å². The molecule has 0 radical (unpaired) electrons. The van der Waals surface area contributed by atoms with Crippen molar-refractivity contribution in [3.63, 3.8) is 0 Å². The largest absolute Gasteiger partial charge is 0.467 e. The first-order chi connectivity index (χ1) is 11.3. The molecule has 0 aliphatic carbocycles. The standard InChI is InChI=1S/C15H18N2O6S/c1-9(18)16-11-4-6-12(7-5-11)23-15(21)24-8-13(14(20)22-3)17-10(2)19/h4-7,13H,8H2,1-3H3,(H,16,18)(H,17,19)/t13-/m1/s1. The number of esters is 1. The SMILES string of the molecule is COC(=O)[C@@H](CSC(=O)Oc1ccc(NC(C)=O)cc1)NC(C)=O. The van der Waals surface area contributed by atoms with Crippen LogP contribution in [0, 0.1) is 0 Å². The lowest BCUT2D eigenvalue weighted by Gasteiger charge is -2.14. The van der Waals surface area contributed by atoms with Gasteiger partial charge in [0, 0.05) is 25.3 Å². The number of anilines is 1. The van der Waals surface area contributed by atoms with Crippen LogP contribution in [0.4, 0.5) is 10.5 Å². The maximum atomic E-state index is 11.8. The van der Waals surface area contributed by atoms with Crippen molar-refractivity contribution in [3.05, 3.63) is 24.3 Å². The summed E-state index contributed by atoms with van der Waals surface area (Å²) in [4.78, 5) is 45.2. The van der Waals surface area contributed by atoms with Crippen molar-refractivity contribution in [2.75, 3.05) is 18.2 Å². The molecule has 0 bridgehead atoms. The number of hydrogen-bond donors (Lipinski definition) is 2. The molecule has 0 heterocycles. The zero-order valence-corrected chi connectivity index (χ0v) is 14.3. The van der Waals surface area contributed by atoms with Gasteiger partial charge >= 0.3 is 11.3 Å². The van der Waals surface area contributed by atoms with E-state index in [1.807, 2.05) is 0 Å². The monoisotopic (exact) mass is 354 g/mol. The second-order valence-corrected chi connectivity index (χ2v) is 5.60. The Kier molecular flexibility index (Phi) is 7.76. The highest BCUT2D eigenvalue weighted by Crippen LogP contribution is 2.18. The van der Waals surface area contributed by atoms with Gasteiger partial charge in [0.05, 0.1) is 7.11 Å². The lowest BCUT2D eigenvalue weighted by Crippen LogP contribution is -2.42. The molecule has 2 N–H and O–H groups in total. The van der Waals surface area contributed by atoms with Crippen LogP contribution in [0.25, 0.3) is 0 Å². The Bertz CT molecular complexity index is 617. The lowest BCUT2D eigenvalue weighted by atomic mass is 10.3. The van der Waals surface area contributed by atoms with E-state index in [1.165, 1.54) is 33.1 Å². The van der Waals surface area contributed by atoms with Crippen LogP contribution >= 0.6 is 11.8 Å². The number of ether oxygens (including phenoxy) is 2. The summed E-state index contributed by atoms with van der Waals surface area (Å²) in [6.45, 7) is 2.65. The minimum atomic E-state index is -0.938. The van der Waals surface area contributed by atoms with E-state index in [1.54, 1.807) is 12.1 Å². The van der Waals surface area contributed by atoms with Gasteiger partial charge in [-0.15, -0.1) is 0 Å². The van der Waals surface area contributed by atoms with Crippen LogP contribution in [-0.4, -0.2) is 42.0 Å². The Morgan fingerprint density at radius 2 is 1.71 bits per heavy atom. The zero-order valence-electron chi connectivity index (χ0n) is 13.5. The number of methoxy groups -OCH3 is 1. The van der Waals surface area contributed by atoms with E-state index in [4.69, 9.17) is 4.74 Å². The number of amides is 2. The molecule has 2 amide bonds. The predicted molar refractivity (Wildman–Crippen MR) is 88.8 cm³/mol. The van der Waals surface area contributed by atoms with Crippen molar-refractivity contribution < 1.29 is 28.7 Å². The summed E-state index contributed by atoms with van der Waals surface area (Å²) < 4.78 is 9.64. The van der Waals surface area contributed by atoms with Crippen LogP contribution in [0.1, 0.15) is 13.8 Å². The van der Waals surface area contributed by atoms with Crippen LogP contribution in [0.2, 0.25) is 0 Å². The summed E-state index contributed by atoms with van der Waals surface area (Å²) in [5.74, 6) is -0.995. The molecule has 130 valence electrons. The molecule has 0 aliphatic heterocycles. The molecule has 0 fully saturated rings. The van der Waals surface area contributed by atoms with Crippen molar-refractivity contribution in [1.29, 1.82) is 0 Å². The minimum absolute atomic E-state index is 0.0188. The van der Waals surface area contributed by atoms with Gasteiger partial charge in [0.15, 0.2) is 0 Å². The minimum Gasteiger partial charge on any atom is -0.467 e. The Balaban J connectivity index is 2.53. The first kappa shape index (κ1) is 19.5. The average Bonchev–Trinajstić information content (AvgIpc) is 2.51. The molecule has 0 aromatic heterocycles. The Hall–Kier alpha value is -2.55. The number of thioether (sulfide) groups is 1. The molecule has 8 nitrogen and oxygen atoms in total. The molecule has 1 rings (SSSR count). The number of hydrogen-bond acceptors (Lipinski definition) is 7. The normalized spacial score (nSPS) is 11.1. The molecule has 24 heavy (non-hydrogen) atoms. The summed E-state index contributed by atoms with van der Waals surface area (Å²) in [7, 11) is 1.19. The van der Waals surface area contributed by atoms with Gasteiger partial charge in [-0.3, -0.25) is 9.59 Å². The number of nitrogens with one attached hydrogen (secondary N) is 2. The topological polar surface area (TPSA) is 111 Å². The Morgan fingerprint density at radius 3 is 2.21 bits per heavy atom. The molecule has 0 spiro atoms. The van der Waals surface area contributed by atoms with Crippen molar-refractivity contribution in [2.24, 2.45) is 0 Å². The molecular weight excluding hydrogens is 336 g/mol. The summed E-state index contributed by atoms with van der Waals surface area (Å²) in [5, 5.41) is 4.34. The lowest BCUT2D eigenvalue weighted by molar-refractivity contribution is -0.144. The predicted octanol–water partition coefficient (Wildman–Crippen LogP) is 1.55. The van der Waals surface area contributed by atoms with E-state index in [-0.39, 0.29) is 17.4 Å². The molecule has 1 aromatic carbocycles. The average molecular weight is 354 g/mol. The third kappa shape index (κ3) is 7.14. The van der Waals surface area contributed by atoms with Gasteiger partial charge in [0.2, 0.25) is 11.8 Å². The van der Waals surface area contributed by atoms with E-state index < -0.39 is 23.2 Å². The number of rotatable bonds is 6. The van der Waals surface area contributed by atoms with Gasteiger partial charge in [-0.25, -0.2) is 9.59 Å². The second-order valence-electron chi connectivity index (χ2n) is 4.64. The maximum absolute atomic E-state index is 11.8. The fourth-order valence-corrected chi connectivity index (χ4v) is 2.32. The molecule has 0 aliphatic rings. The molecule has 9 heteroatoms. The van der Waals surface area contributed by atoms with Gasteiger partial charge in [-0.05, 0) is 36.0 Å². The highest BCUT2D eigenvalue weighted by Gasteiger charge is 2.22. The van der Waals surface area contributed by atoms with Crippen molar-refractivity contribution >= 4 is 40.5 Å². The summed E-state index contributed by atoms with van der Waals surface area (Å²) in [5.41, 5.74) is 0.575. The quantitative estimate of drug-likeness (QED) is 0.746. The van der Waals surface area contributed by atoms with Gasteiger partial charge < -0.3 is 20.1 Å². The molecule has 1 atom stereocenters. The molecular formula is C15H18N2O6S. The van der Waals surface area contributed by atoms with Crippen LogP contribution in [0.15, 0.2) is 24.3 Å². The molecule has 1 aromatic rings. The Labute approximate surface area is 143 Å². The van der Waals surface area contributed by atoms with E-state index in [0.29, 0.717) is 5.69 Å². The Morgan fingerprint density at radius 1 is 1.08 bits per heavy atom. The smallest absolute Gasteiger partial charge is 0.372 e. The maximum Gasteiger partial charge on any atom is 0.372 e. The highest BCUT2D eigenvalue weighted by atomic mass is 32.2. The van der Waals surface area contributed by atoms with Crippen LogP contribution in [0.5, 0.6) is 5.75 Å². The van der Waals surface area contributed by atoms with Gasteiger partial charge in [0.1, 0.15) is 11.8 Å². The second kappa shape index (κ2) is 9.56.